The van der Waals surface area contributed by atoms with Crippen molar-refractivity contribution in [2.75, 3.05) is 11.9 Å². The van der Waals surface area contributed by atoms with Crippen molar-refractivity contribution in [3.8, 4) is 0 Å². The molecule has 0 aliphatic rings. The van der Waals surface area contributed by atoms with Gasteiger partial charge in [0.1, 0.15) is 0 Å². The zero-order chi connectivity index (χ0) is 16.7. The fourth-order valence-corrected chi connectivity index (χ4v) is 2.43. The lowest BCUT2D eigenvalue weighted by atomic mass is 9.84. The van der Waals surface area contributed by atoms with Crippen LogP contribution in [0.5, 0.6) is 0 Å². The first-order valence-corrected chi connectivity index (χ1v) is 7.79. The third kappa shape index (κ3) is 5.62. The van der Waals surface area contributed by atoms with Crippen LogP contribution >= 0.6 is 0 Å². The maximum atomic E-state index is 12.0. The topological polar surface area (TPSA) is 41.1 Å². The van der Waals surface area contributed by atoms with Crippen LogP contribution in [-0.2, 0) is 0 Å². The lowest BCUT2D eigenvalue weighted by Gasteiger charge is -2.26. The summed E-state index contributed by atoms with van der Waals surface area (Å²) < 4.78 is 0. The minimum Gasteiger partial charge on any atom is -0.337 e. The van der Waals surface area contributed by atoms with Gasteiger partial charge >= 0.3 is 6.03 Å². The molecule has 0 radical (unpaired) electrons. The fraction of sp³-hybridized carbons (Fsp3) is 0.250. The van der Waals surface area contributed by atoms with Crippen molar-refractivity contribution < 1.29 is 4.79 Å². The van der Waals surface area contributed by atoms with Crippen LogP contribution in [0.2, 0.25) is 0 Å². The standard InChI is InChI=1S/C20H24N2O/c1-16(17-10-6-4-7-11-17)14-20(2,3)15-21-19(23)22-18-12-8-5-9-13-18/h4-13H,1,14-15H2,2-3H3,(H2,21,22,23). The van der Waals surface area contributed by atoms with Crippen molar-refractivity contribution in [3.05, 3.63) is 72.8 Å². The van der Waals surface area contributed by atoms with E-state index in [-0.39, 0.29) is 11.4 Å². The summed E-state index contributed by atoms with van der Waals surface area (Å²) in [6.45, 7) is 9.02. The van der Waals surface area contributed by atoms with E-state index < -0.39 is 0 Å². The Balaban J connectivity index is 1.84. The zero-order valence-corrected chi connectivity index (χ0v) is 13.8. The van der Waals surface area contributed by atoms with Crippen LogP contribution in [0.1, 0.15) is 25.8 Å². The molecule has 0 unspecified atom stereocenters. The summed E-state index contributed by atoms with van der Waals surface area (Å²) in [5.41, 5.74) is 2.95. The number of carbonyl (C=O) groups excluding carboxylic acids is 1. The number of nitrogens with one attached hydrogen (secondary N) is 2. The lowest BCUT2D eigenvalue weighted by molar-refractivity contribution is 0.245. The predicted molar refractivity (Wildman–Crippen MR) is 97.3 cm³/mol. The maximum Gasteiger partial charge on any atom is 0.319 e. The molecule has 0 atom stereocenters. The van der Waals surface area contributed by atoms with E-state index in [2.05, 4.69) is 43.2 Å². The Hall–Kier alpha value is -2.55. The van der Waals surface area contributed by atoms with E-state index in [9.17, 15) is 4.79 Å². The van der Waals surface area contributed by atoms with Crippen molar-refractivity contribution in [1.29, 1.82) is 0 Å². The molecule has 2 aromatic carbocycles. The first kappa shape index (κ1) is 16.8. The van der Waals surface area contributed by atoms with Gasteiger partial charge < -0.3 is 10.6 Å². The van der Waals surface area contributed by atoms with Crippen molar-refractivity contribution >= 4 is 17.3 Å². The quantitative estimate of drug-likeness (QED) is 0.780. The van der Waals surface area contributed by atoms with Gasteiger partial charge in [0.25, 0.3) is 0 Å². The fourth-order valence-electron chi connectivity index (χ4n) is 2.43. The van der Waals surface area contributed by atoms with Gasteiger partial charge in [-0.2, -0.15) is 0 Å². The number of benzene rings is 2. The van der Waals surface area contributed by atoms with Gasteiger partial charge in [0.15, 0.2) is 0 Å². The number of anilines is 1. The van der Waals surface area contributed by atoms with E-state index in [1.54, 1.807) is 0 Å². The number of rotatable bonds is 6. The molecule has 0 bridgehead atoms. The summed E-state index contributed by atoms with van der Waals surface area (Å²) >= 11 is 0. The van der Waals surface area contributed by atoms with Crippen LogP contribution in [-0.4, -0.2) is 12.6 Å². The van der Waals surface area contributed by atoms with E-state index in [0.29, 0.717) is 6.54 Å². The van der Waals surface area contributed by atoms with Gasteiger partial charge in [-0.15, -0.1) is 0 Å². The third-order valence-corrected chi connectivity index (χ3v) is 3.63. The van der Waals surface area contributed by atoms with Gasteiger partial charge in [-0.3, -0.25) is 0 Å². The molecule has 0 aliphatic carbocycles. The van der Waals surface area contributed by atoms with E-state index in [0.717, 1.165) is 23.2 Å². The van der Waals surface area contributed by atoms with Gasteiger partial charge in [-0.25, -0.2) is 4.79 Å². The molecule has 0 heterocycles. The normalized spacial score (nSPS) is 10.9. The van der Waals surface area contributed by atoms with Crippen molar-refractivity contribution in [3.63, 3.8) is 0 Å². The second-order valence-electron chi connectivity index (χ2n) is 6.48. The van der Waals surface area contributed by atoms with Gasteiger partial charge in [-0.1, -0.05) is 69.0 Å². The zero-order valence-electron chi connectivity index (χ0n) is 13.8. The molecule has 23 heavy (non-hydrogen) atoms. The molecule has 2 amide bonds. The lowest BCUT2D eigenvalue weighted by Crippen LogP contribution is -2.36. The highest BCUT2D eigenvalue weighted by Crippen LogP contribution is 2.29. The molecule has 0 spiro atoms. The summed E-state index contributed by atoms with van der Waals surface area (Å²) in [5, 5.41) is 5.76. The van der Waals surface area contributed by atoms with Crippen LogP contribution in [0.4, 0.5) is 10.5 Å². The first-order chi connectivity index (χ1) is 11.0. The second kappa shape index (κ2) is 7.63. The highest BCUT2D eigenvalue weighted by molar-refractivity contribution is 5.89. The molecular weight excluding hydrogens is 284 g/mol. The highest BCUT2D eigenvalue weighted by Gasteiger charge is 2.20. The number of carbonyl (C=O) groups is 1. The van der Waals surface area contributed by atoms with Crippen LogP contribution in [0.15, 0.2) is 67.2 Å². The van der Waals surface area contributed by atoms with Gasteiger partial charge in [0.05, 0.1) is 0 Å². The number of hydrogen-bond acceptors (Lipinski definition) is 1. The number of para-hydroxylation sites is 1. The second-order valence-corrected chi connectivity index (χ2v) is 6.48. The number of amides is 2. The first-order valence-electron chi connectivity index (χ1n) is 7.79. The minimum absolute atomic E-state index is 0.0685. The van der Waals surface area contributed by atoms with E-state index in [4.69, 9.17) is 0 Å². The Morgan fingerprint density at radius 3 is 2.17 bits per heavy atom. The monoisotopic (exact) mass is 308 g/mol. The molecule has 0 fully saturated rings. The van der Waals surface area contributed by atoms with Crippen molar-refractivity contribution in [2.45, 2.75) is 20.3 Å². The Labute approximate surface area is 138 Å². The molecule has 120 valence electrons. The van der Waals surface area contributed by atoms with Crippen molar-refractivity contribution in [1.82, 2.24) is 5.32 Å². The molecule has 3 nitrogen and oxygen atoms in total. The molecule has 3 heteroatoms. The average Bonchev–Trinajstić information content (AvgIpc) is 2.54. The Bertz CT molecular complexity index is 648. The highest BCUT2D eigenvalue weighted by atomic mass is 16.2. The molecular formula is C20H24N2O. The molecule has 0 saturated heterocycles. The number of urea groups is 1. The average molecular weight is 308 g/mol. The molecule has 2 aromatic rings. The Morgan fingerprint density at radius 1 is 1.00 bits per heavy atom. The number of allylic oxidation sites excluding steroid dienone is 1. The molecule has 2 N–H and O–H groups in total. The minimum atomic E-state index is -0.186. The Morgan fingerprint density at radius 2 is 1.57 bits per heavy atom. The SMILES string of the molecule is C=C(CC(C)(C)CNC(=O)Nc1ccccc1)c1ccccc1. The van der Waals surface area contributed by atoms with E-state index >= 15 is 0 Å². The van der Waals surface area contributed by atoms with Crippen LogP contribution in [0.3, 0.4) is 0 Å². The summed E-state index contributed by atoms with van der Waals surface area (Å²) in [6.07, 6.45) is 0.822. The predicted octanol–water partition coefficient (Wildman–Crippen LogP) is 4.94. The van der Waals surface area contributed by atoms with E-state index in [1.807, 2.05) is 48.5 Å². The largest absolute Gasteiger partial charge is 0.337 e. The van der Waals surface area contributed by atoms with Gasteiger partial charge in [-0.05, 0) is 35.1 Å². The molecule has 0 aromatic heterocycles. The van der Waals surface area contributed by atoms with Gasteiger partial charge in [0, 0.05) is 12.2 Å². The third-order valence-electron chi connectivity index (χ3n) is 3.63. The molecule has 2 rings (SSSR count). The van der Waals surface area contributed by atoms with Crippen LogP contribution < -0.4 is 10.6 Å². The van der Waals surface area contributed by atoms with Crippen LogP contribution in [0, 0.1) is 5.41 Å². The van der Waals surface area contributed by atoms with Crippen LogP contribution in [0.25, 0.3) is 5.57 Å². The summed E-state index contributed by atoms with van der Waals surface area (Å²) in [6, 6.07) is 19.4. The summed E-state index contributed by atoms with van der Waals surface area (Å²) in [7, 11) is 0. The summed E-state index contributed by atoms with van der Waals surface area (Å²) in [5.74, 6) is 0. The van der Waals surface area contributed by atoms with Gasteiger partial charge in [0.2, 0.25) is 0 Å². The number of hydrogen-bond donors (Lipinski definition) is 2. The smallest absolute Gasteiger partial charge is 0.319 e. The van der Waals surface area contributed by atoms with Crippen molar-refractivity contribution in [2.24, 2.45) is 5.41 Å². The molecule has 0 aliphatic heterocycles. The van der Waals surface area contributed by atoms with E-state index in [1.165, 1.54) is 0 Å². The maximum absolute atomic E-state index is 12.0. The molecule has 0 saturated carbocycles. The summed E-state index contributed by atoms with van der Waals surface area (Å²) in [4.78, 5) is 12.0. The Kier molecular flexibility index (Phi) is 5.58.